The van der Waals surface area contributed by atoms with E-state index < -0.39 is 17.7 Å². The second kappa shape index (κ2) is 11.4. The van der Waals surface area contributed by atoms with Crippen LogP contribution in [-0.4, -0.2) is 29.3 Å². The molecule has 2 amide bonds. The zero-order valence-electron chi connectivity index (χ0n) is 23.8. The molecular formula is C33H36N2O5. The van der Waals surface area contributed by atoms with Crippen LogP contribution in [0.3, 0.4) is 0 Å². The molecule has 0 spiro atoms. The summed E-state index contributed by atoms with van der Waals surface area (Å²) in [5.41, 5.74) is 3.12. The Morgan fingerprint density at radius 3 is 2.23 bits per heavy atom. The van der Waals surface area contributed by atoms with E-state index in [-0.39, 0.29) is 22.7 Å². The molecule has 1 aliphatic rings. The van der Waals surface area contributed by atoms with Crippen LogP contribution >= 0.6 is 0 Å². The lowest BCUT2D eigenvalue weighted by Gasteiger charge is -2.27. The van der Waals surface area contributed by atoms with E-state index >= 15 is 0 Å². The van der Waals surface area contributed by atoms with E-state index in [1.165, 1.54) is 11.8 Å². The number of rotatable bonds is 7. The first-order valence-corrected chi connectivity index (χ1v) is 13.4. The molecule has 1 unspecified atom stereocenters. The number of ketones is 1. The van der Waals surface area contributed by atoms with Gasteiger partial charge in [-0.1, -0.05) is 71.0 Å². The standard InChI is InChI=1S/C33H36N2O5/c1-20(2)19-40-27-9-7-8-23(18-27)30(37)28-29(22-10-12-24(13-11-22)33(4,5)6)35(32(39)31(28)38)26-16-14-25(15-17-26)34-21(3)36/h7-18,20,29,37H,19H2,1-6H3,(H,34,36)/b30-28-. The molecule has 7 heteroatoms. The monoisotopic (exact) mass is 540 g/mol. The molecule has 0 aromatic heterocycles. The first kappa shape index (κ1) is 28.6. The van der Waals surface area contributed by atoms with E-state index in [1.807, 2.05) is 38.1 Å². The summed E-state index contributed by atoms with van der Waals surface area (Å²) in [7, 11) is 0. The van der Waals surface area contributed by atoms with Crippen LogP contribution < -0.4 is 15.0 Å². The third-order valence-electron chi connectivity index (χ3n) is 6.69. The summed E-state index contributed by atoms with van der Waals surface area (Å²) >= 11 is 0. The van der Waals surface area contributed by atoms with E-state index in [2.05, 4.69) is 26.1 Å². The van der Waals surface area contributed by atoms with Crippen molar-refractivity contribution in [3.05, 3.63) is 95.1 Å². The lowest BCUT2D eigenvalue weighted by molar-refractivity contribution is -0.132. The molecule has 4 rings (SSSR count). The van der Waals surface area contributed by atoms with Crippen LogP contribution in [0.2, 0.25) is 0 Å². The SMILES string of the molecule is CC(=O)Nc1ccc(N2C(=O)C(=O)/C(=C(\O)c3cccc(OCC(C)C)c3)C2c2ccc(C(C)(C)C)cc2)cc1. The number of ether oxygens (including phenoxy) is 1. The molecule has 0 radical (unpaired) electrons. The van der Waals surface area contributed by atoms with Gasteiger partial charge >= 0.3 is 0 Å². The fourth-order valence-electron chi connectivity index (χ4n) is 4.64. The van der Waals surface area contributed by atoms with Crippen LogP contribution in [0.1, 0.15) is 64.3 Å². The van der Waals surface area contributed by atoms with Gasteiger partial charge < -0.3 is 15.2 Å². The Labute approximate surface area is 235 Å². The van der Waals surface area contributed by atoms with E-state index in [0.29, 0.717) is 40.8 Å². The fraction of sp³-hybridized carbons (Fsp3) is 0.303. The van der Waals surface area contributed by atoms with Gasteiger partial charge in [-0.15, -0.1) is 0 Å². The molecule has 40 heavy (non-hydrogen) atoms. The van der Waals surface area contributed by atoms with Crippen molar-refractivity contribution in [2.45, 2.75) is 53.0 Å². The summed E-state index contributed by atoms with van der Waals surface area (Å²) in [5.74, 6) is -1.13. The Kier molecular flexibility index (Phi) is 8.14. The van der Waals surface area contributed by atoms with Crippen molar-refractivity contribution in [1.82, 2.24) is 0 Å². The highest BCUT2D eigenvalue weighted by Gasteiger charge is 2.47. The number of hydrogen-bond donors (Lipinski definition) is 2. The number of amides is 2. The van der Waals surface area contributed by atoms with Crippen molar-refractivity contribution in [2.24, 2.45) is 5.92 Å². The van der Waals surface area contributed by atoms with Crippen molar-refractivity contribution in [1.29, 1.82) is 0 Å². The second-order valence-electron chi connectivity index (χ2n) is 11.5. The average molecular weight is 541 g/mol. The third-order valence-corrected chi connectivity index (χ3v) is 6.69. The molecule has 0 bridgehead atoms. The van der Waals surface area contributed by atoms with Crippen LogP contribution in [0, 0.1) is 5.92 Å². The Morgan fingerprint density at radius 1 is 1.00 bits per heavy atom. The molecule has 0 aliphatic carbocycles. The minimum atomic E-state index is -0.860. The van der Waals surface area contributed by atoms with Gasteiger partial charge in [0.25, 0.3) is 11.7 Å². The number of nitrogens with zero attached hydrogens (tertiary/aromatic N) is 1. The fourth-order valence-corrected chi connectivity index (χ4v) is 4.64. The van der Waals surface area contributed by atoms with Gasteiger partial charge in [-0.3, -0.25) is 19.3 Å². The Bertz CT molecular complexity index is 1450. The zero-order chi connectivity index (χ0) is 29.2. The first-order valence-electron chi connectivity index (χ1n) is 13.4. The lowest BCUT2D eigenvalue weighted by Crippen LogP contribution is -2.29. The largest absolute Gasteiger partial charge is 0.507 e. The maximum absolute atomic E-state index is 13.5. The summed E-state index contributed by atoms with van der Waals surface area (Å²) in [6.45, 7) is 12.3. The Hall–Kier alpha value is -4.39. The molecular weight excluding hydrogens is 504 g/mol. The van der Waals surface area contributed by atoms with Gasteiger partial charge in [0.15, 0.2) is 0 Å². The van der Waals surface area contributed by atoms with Crippen LogP contribution in [0.25, 0.3) is 5.76 Å². The molecule has 3 aromatic rings. The molecule has 7 nitrogen and oxygen atoms in total. The summed E-state index contributed by atoms with van der Waals surface area (Å²) in [5, 5.41) is 14.2. The number of aliphatic hydroxyl groups is 1. The van der Waals surface area contributed by atoms with E-state index in [9.17, 15) is 19.5 Å². The summed E-state index contributed by atoms with van der Waals surface area (Å²) < 4.78 is 5.83. The van der Waals surface area contributed by atoms with E-state index in [4.69, 9.17) is 4.74 Å². The van der Waals surface area contributed by atoms with Gasteiger partial charge in [0, 0.05) is 23.9 Å². The smallest absolute Gasteiger partial charge is 0.300 e. The maximum Gasteiger partial charge on any atom is 0.300 e. The normalized spacial score (nSPS) is 16.9. The Morgan fingerprint density at radius 2 is 1.65 bits per heavy atom. The molecule has 1 heterocycles. The molecule has 208 valence electrons. The summed E-state index contributed by atoms with van der Waals surface area (Å²) in [6.07, 6.45) is 0. The molecule has 2 N–H and O–H groups in total. The van der Waals surface area contributed by atoms with Gasteiger partial charge in [-0.05, 0) is 58.9 Å². The van der Waals surface area contributed by atoms with Gasteiger partial charge in [-0.25, -0.2) is 0 Å². The van der Waals surface area contributed by atoms with Gasteiger partial charge in [0.2, 0.25) is 5.91 Å². The number of benzene rings is 3. The molecule has 3 aromatic carbocycles. The summed E-state index contributed by atoms with van der Waals surface area (Å²) in [4.78, 5) is 39.9. The van der Waals surface area contributed by atoms with E-state index in [0.717, 1.165) is 5.56 Å². The topological polar surface area (TPSA) is 95.9 Å². The number of anilines is 2. The highest BCUT2D eigenvalue weighted by molar-refractivity contribution is 6.51. The molecule has 1 saturated heterocycles. The minimum absolute atomic E-state index is 0.000422. The first-order chi connectivity index (χ1) is 18.9. The number of Topliss-reactive ketones (excluding diaryl/α,β-unsaturated/α-hetero) is 1. The number of aliphatic hydroxyl groups excluding tert-OH is 1. The second-order valence-corrected chi connectivity index (χ2v) is 11.5. The van der Waals surface area contributed by atoms with Crippen molar-refractivity contribution in [3.8, 4) is 5.75 Å². The van der Waals surface area contributed by atoms with Crippen molar-refractivity contribution in [2.75, 3.05) is 16.8 Å². The highest BCUT2D eigenvalue weighted by Crippen LogP contribution is 2.43. The molecule has 1 fully saturated rings. The lowest BCUT2D eigenvalue weighted by atomic mass is 9.85. The van der Waals surface area contributed by atoms with Crippen LogP contribution in [0.5, 0.6) is 5.75 Å². The predicted molar refractivity (Wildman–Crippen MR) is 157 cm³/mol. The molecule has 1 aliphatic heterocycles. The number of nitrogens with one attached hydrogen (secondary N) is 1. The number of hydrogen-bond acceptors (Lipinski definition) is 5. The molecule has 0 saturated carbocycles. The van der Waals surface area contributed by atoms with Crippen LogP contribution in [-0.2, 0) is 19.8 Å². The number of carbonyl (C=O) groups excluding carboxylic acids is 3. The predicted octanol–water partition coefficient (Wildman–Crippen LogP) is 6.60. The quantitative estimate of drug-likeness (QED) is 0.200. The summed E-state index contributed by atoms with van der Waals surface area (Å²) in [6, 6.07) is 20.5. The van der Waals surface area contributed by atoms with Crippen molar-refractivity contribution >= 4 is 34.7 Å². The zero-order valence-corrected chi connectivity index (χ0v) is 23.8. The van der Waals surface area contributed by atoms with Gasteiger partial charge in [-0.2, -0.15) is 0 Å². The van der Waals surface area contributed by atoms with Gasteiger partial charge in [0.05, 0.1) is 18.2 Å². The minimum Gasteiger partial charge on any atom is -0.507 e. The average Bonchev–Trinajstić information content (AvgIpc) is 3.17. The van der Waals surface area contributed by atoms with Crippen molar-refractivity contribution < 1.29 is 24.2 Å². The third kappa shape index (κ3) is 6.09. The van der Waals surface area contributed by atoms with Crippen molar-refractivity contribution in [3.63, 3.8) is 0 Å². The molecule has 1 atom stereocenters. The Balaban J connectivity index is 1.84. The highest BCUT2D eigenvalue weighted by atomic mass is 16.5. The van der Waals surface area contributed by atoms with Gasteiger partial charge in [0.1, 0.15) is 11.5 Å². The maximum atomic E-state index is 13.5. The van der Waals surface area contributed by atoms with Crippen LogP contribution in [0.4, 0.5) is 11.4 Å². The van der Waals surface area contributed by atoms with Crippen LogP contribution in [0.15, 0.2) is 78.4 Å². The number of carbonyl (C=O) groups is 3. The van der Waals surface area contributed by atoms with E-state index in [1.54, 1.807) is 48.5 Å².